The van der Waals surface area contributed by atoms with Crippen LogP contribution < -0.4 is 25.2 Å². The lowest BCUT2D eigenvalue weighted by Crippen LogP contribution is -2.56. The average Bonchev–Trinajstić information content (AvgIpc) is 4.00. The lowest BCUT2D eigenvalue weighted by Gasteiger charge is -2.56. The molecule has 6 aliphatic heterocycles. The van der Waals surface area contributed by atoms with Crippen LogP contribution in [0.3, 0.4) is 0 Å². The highest BCUT2D eigenvalue weighted by Crippen LogP contribution is 2.53. The van der Waals surface area contributed by atoms with E-state index in [1.165, 1.54) is 6.07 Å². The number of hydrogen-bond acceptors (Lipinski definition) is 13. The van der Waals surface area contributed by atoms with Gasteiger partial charge in [0.15, 0.2) is 5.82 Å². The average molecular weight is 904 g/mol. The molecule has 1 spiro atoms. The van der Waals surface area contributed by atoms with Gasteiger partial charge in [0.05, 0.1) is 16.5 Å². The van der Waals surface area contributed by atoms with Crippen molar-refractivity contribution in [3.63, 3.8) is 0 Å². The maximum Gasteiger partial charge on any atom is 0.319 e. The summed E-state index contributed by atoms with van der Waals surface area (Å²) in [7, 11) is 0. The number of fused-ring (bicyclic) bond motifs is 5. The number of ether oxygens (including phenoxy) is 1. The summed E-state index contributed by atoms with van der Waals surface area (Å²) in [4.78, 5) is 73.5. The van der Waals surface area contributed by atoms with Gasteiger partial charge in [-0.1, -0.05) is 18.1 Å². The zero-order chi connectivity index (χ0) is 45.7. The second-order valence-corrected chi connectivity index (χ2v) is 19.7. The zero-order valence-electron chi connectivity index (χ0n) is 37.0. The lowest BCUT2D eigenvalue weighted by atomic mass is 9.60. The van der Waals surface area contributed by atoms with Crippen LogP contribution in [0.2, 0.25) is 0 Å². The summed E-state index contributed by atoms with van der Waals surface area (Å²) in [6, 6.07) is 14.2. The van der Waals surface area contributed by atoms with Crippen molar-refractivity contribution < 1.29 is 33.4 Å². The molecule has 15 nitrogen and oxygen atoms in total. The number of phenolic OH excluding ortho intramolecular Hbond substituents is 1. The topological polar surface area (TPSA) is 173 Å². The van der Waals surface area contributed by atoms with Crippen LogP contribution in [0.4, 0.5) is 15.9 Å². The molecule has 4 atom stereocenters. The number of hydrogen-bond donors (Lipinski definition) is 3. The van der Waals surface area contributed by atoms with Gasteiger partial charge in [-0.3, -0.25) is 39.3 Å². The molecule has 1 unspecified atom stereocenters. The fourth-order valence-electron chi connectivity index (χ4n) is 12.4. The smallest absolute Gasteiger partial charge is 0.319 e. The van der Waals surface area contributed by atoms with E-state index in [1.807, 2.05) is 18.2 Å². The Bertz CT molecular complexity index is 2960. The molecule has 2 aromatic heterocycles. The van der Waals surface area contributed by atoms with Gasteiger partial charge in [0.2, 0.25) is 11.8 Å². The van der Waals surface area contributed by atoms with Crippen LogP contribution in [0.15, 0.2) is 54.7 Å². The number of piperidine rings is 2. The number of halogens is 1. The van der Waals surface area contributed by atoms with E-state index < -0.39 is 35.5 Å². The molecule has 3 N–H and O–H groups in total. The summed E-state index contributed by atoms with van der Waals surface area (Å²) in [5.74, 6) is 0.646. The number of pyridine rings is 1. The Hall–Kier alpha value is -6.70. The van der Waals surface area contributed by atoms with E-state index in [4.69, 9.17) is 21.1 Å². The number of imide groups is 2. The standard InChI is InChI=1S/C51H50FN9O6/c1-2-28-5-3-6-29-19-35(62)21-38(42(28)29)44-43(52)45-39(24-53-44)46(59-25-30-8-9-31(26-59)54-30)57-50(56-45)67-27-33-7-4-16-60(33)34-22-51(23-34)14-17-58(18-15-51)32-10-11-36-37(20-32)49(66)61(48(36)65)40-12-13-41(63)55-47(40)64/h1,3,5-6,10-11,19-21,24,30-31,33-34,40,54,62H,4,7-9,12-18,22-23,25-27H2,(H,55,63,64)/t30-,31+,33-,40?/m0/s1. The molecule has 16 heteroatoms. The highest BCUT2D eigenvalue weighted by atomic mass is 19.1. The van der Waals surface area contributed by atoms with Gasteiger partial charge < -0.3 is 25.0 Å². The third-order valence-electron chi connectivity index (χ3n) is 15.8. The number of carbonyl (C=O) groups is 4. The number of anilines is 2. The maximum absolute atomic E-state index is 17.2. The van der Waals surface area contributed by atoms with Gasteiger partial charge in [-0.05, 0) is 112 Å². The van der Waals surface area contributed by atoms with E-state index in [2.05, 4.69) is 36.2 Å². The molecule has 5 aromatic rings. The van der Waals surface area contributed by atoms with E-state index in [9.17, 15) is 24.3 Å². The fraction of sp³-hybridized carbons (Fsp3) is 0.431. The van der Waals surface area contributed by atoms with Crippen molar-refractivity contribution in [2.45, 2.75) is 94.4 Å². The van der Waals surface area contributed by atoms with Gasteiger partial charge >= 0.3 is 6.01 Å². The number of carbonyl (C=O) groups excluding carboxylic acids is 4. The molecule has 1 aliphatic carbocycles. The summed E-state index contributed by atoms with van der Waals surface area (Å²) in [6.07, 6.45) is 16.1. The molecular formula is C51H50FN9O6. The zero-order valence-corrected chi connectivity index (χ0v) is 37.0. The van der Waals surface area contributed by atoms with E-state index in [-0.39, 0.29) is 52.8 Å². The summed E-state index contributed by atoms with van der Waals surface area (Å²) in [5, 5.41) is 18.5. The van der Waals surface area contributed by atoms with E-state index in [0.29, 0.717) is 63.4 Å². The Kier molecular flexibility index (Phi) is 9.95. The third kappa shape index (κ3) is 7.04. The minimum Gasteiger partial charge on any atom is -0.508 e. The molecule has 7 aliphatic rings. The first kappa shape index (κ1) is 41.7. The molecule has 0 radical (unpaired) electrons. The van der Waals surface area contributed by atoms with Crippen LogP contribution in [0.5, 0.6) is 11.8 Å². The molecule has 3 aromatic carbocycles. The number of aromatic nitrogens is 3. The number of piperazine rings is 1. The summed E-state index contributed by atoms with van der Waals surface area (Å²) < 4.78 is 23.7. The molecule has 2 bridgehead atoms. The summed E-state index contributed by atoms with van der Waals surface area (Å²) in [6.45, 7) is 4.46. The van der Waals surface area contributed by atoms with E-state index >= 15 is 4.39 Å². The van der Waals surface area contributed by atoms with Crippen molar-refractivity contribution >= 4 is 56.8 Å². The Balaban J connectivity index is 0.743. The third-order valence-corrected chi connectivity index (χ3v) is 15.8. The van der Waals surface area contributed by atoms with E-state index in [0.717, 1.165) is 94.7 Å². The molecular weight excluding hydrogens is 854 g/mol. The Morgan fingerprint density at radius 2 is 1.69 bits per heavy atom. The quantitative estimate of drug-likeness (QED) is 0.135. The minimum atomic E-state index is -0.992. The first-order chi connectivity index (χ1) is 32.5. The van der Waals surface area contributed by atoms with Gasteiger partial charge in [-0.2, -0.15) is 9.97 Å². The van der Waals surface area contributed by atoms with Crippen LogP contribution in [0.25, 0.3) is 32.9 Å². The van der Waals surface area contributed by atoms with Crippen LogP contribution in [0, 0.1) is 23.6 Å². The Labute approximate surface area is 386 Å². The van der Waals surface area contributed by atoms with Crippen LogP contribution >= 0.6 is 0 Å². The van der Waals surface area contributed by atoms with Crippen LogP contribution in [0.1, 0.15) is 90.5 Å². The number of aromatic hydroxyl groups is 1. The monoisotopic (exact) mass is 903 g/mol. The molecule has 67 heavy (non-hydrogen) atoms. The van der Waals surface area contributed by atoms with Crippen molar-refractivity contribution in [1.82, 2.24) is 35.4 Å². The Morgan fingerprint density at radius 1 is 0.896 bits per heavy atom. The van der Waals surface area contributed by atoms with Crippen molar-refractivity contribution in [1.29, 1.82) is 0 Å². The first-order valence-electron chi connectivity index (χ1n) is 23.6. The van der Waals surface area contributed by atoms with Gasteiger partial charge in [-0.15, -0.1) is 6.42 Å². The minimum absolute atomic E-state index is 0.0261. The molecule has 4 amide bonds. The van der Waals surface area contributed by atoms with Crippen molar-refractivity contribution in [2.24, 2.45) is 5.41 Å². The van der Waals surface area contributed by atoms with Gasteiger partial charge in [0, 0.05) is 85.2 Å². The summed E-state index contributed by atoms with van der Waals surface area (Å²) in [5.41, 5.74) is 2.79. The Morgan fingerprint density at radius 3 is 2.46 bits per heavy atom. The fourth-order valence-corrected chi connectivity index (χ4v) is 12.4. The second-order valence-electron chi connectivity index (χ2n) is 19.7. The number of likely N-dealkylation sites (tertiary alicyclic amines) is 1. The second kappa shape index (κ2) is 16.0. The predicted octanol–water partition coefficient (Wildman–Crippen LogP) is 5.31. The summed E-state index contributed by atoms with van der Waals surface area (Å²) >= 11 is 0. The van der Waals surface area contributed by atoms with Crippen LogP contribution in [-0.2, 0) is 9.59 Å². The lowest BCUT2D eigenvalue weighted by molar-refractivity contribution is -0.136. The maximum atomic E-state index is 17.2. The number of amides is 4. The van der Waals surface area contributed by atoms with Crippen LogP contribution in [-0.4, -0.2) is 123 Å². The van der Waals surface area contributed by atoms with Gasteiger partial charge in [-0.25, -0.2) is 4.39 Å². The molecule has 1 saturated carbocycles. The number of benzene rings is 3. The molecule has 12 rings (SSSR count). The SMILES string of the molecule is C#Cc1cccc2cc(O)cc(-c3ncc4c(N5C[C@H]6CC[C@@H](C5)N6)nc(OC[C@@H]5CCCN5C5CC6(CCN(c7ccc8c(c7)C(=O)N(C7CCC(=O)NC7=O)C8=O)CC6)C5)nc4c3F)c12. The normalized spacial score (nSPS) is 25.0. The highest BCUT2D eigenvalue weighted by molar-refractivity contribution is 6.23. The van der Waals surface area contributed by atoms with Crippen molar-refractivity contribution in [3.8, 4) is 35.4 Å². The molecule has 5 saturated heterocycles. The number of rotatable bonds is 8. The van der Waals surface area contributed by atoms with Crippen molar-refractivity contribution in [2.75, 3.05) is 49.1 Å². The largest absolute Gasteiger partial charge is 0.508 e. The predicted molar refractivity (Wildman–Crippen MR) is 247 cm³/mol. The molecule has 8 heterocycles. The molecule has 342 valence electrons. The highest BCUT2D eigenvalue weighted by Gasteiger charge is 2.50. The number of terminal acetylenes is 1. The van der Waals surface area contributed by atoms with E-state index in [1.54, 1.807) is 30.5 Å². The number of nitrogens with one attached hydrogen (secondary N) is 2. The van der Waals surface area contributed by atoms with Gasteiger partial charge in [0.1, 0.15) is 35.4 Å². The number of phenols is 1. The van der Waals surface area contributed by atoms with Gasteiger partial charge in [0.25, 0.3) is 11.8 Å². The number of nitrogens with zero attached hydrogens (tertiary/aromatic N) is 7. The van der Waals surface area contributed by atoms with Crippen molar-refractivity contribution in [3.05, 3.63) is 77.2 Å². The molecule has 6 fully saturated rings. The first-order valence-corrected chi connectivity index (χ1v) is 23.6.